The third kappa shape index (κ3) is 2.58. The molecule has 1 saturated carbocycles. The first kappa shape index (κ1) is 10.2. The van der Waals surface area contributed by atoms with Gasteiger partial charge >= 0.3 is 0 Å². The van der Waals surface area contributed by atoms with Crippen LogP contribution >= 0.6 is 0 Å². The summed E-state index contributed by atoms with van der Waals surface area (Å²) in [7, 11) is 1.89. The highest BCUT2D eigenvalue weighted by Crippen LogP contribution is 2.29. The standard InChI is InChI=1S/C13H17NO/c1-10-3-7-12(8-4-10)13(15)14(2)9-11-5-6-11/h3-4,7-8,11H,5-6,9H2,1-2H3. The molecule has 2 rings (SSSR count). The minimum Gasteiger partial charge on any atom is -0.341 e. The van der Waals surface area contributed by atoms with E-state index < -0.39 is 0 Å². The second kappa shape index (κ2) is 4.05. The maximum Gasteiger partial charge on any atom is 0.253 e. The lowest BCUT2D eigenvalue weighted by molar-refractivity contribution is 0.0788. The molecule has 0 N–H and O–H groups in total. The highest BCUT2D eigenvalue weighted by molar-refractivity contribution is 5.94. The van der Waals surface area contributed by atoms with Gasteiger partial charge in [-0.25, -0.2) is 0 Å². The summed E-state index contributed by atoms with van der Waals surface area (Å²) in [5.41, 5.74) is 1.99. The van der Waals surface area contributed by atoms with Gasteiger partial charge in [0, 0.05) is 19.2 Å². The topological polar surface area (TPSA) is 20.3 Å². The van der Waals surface area contributed by atoms with Crippen LogP contribution in [-0.4, -0.2) is 24.4 Å². The fourth-order valence-electron chi connectivity index (χ4n) is 1.69. The van der Waals surface area contributed by atoms with E-state index in [1.807, 2.05) is 43.1 Å². The highest BCUT2D eigenvalue weighted by Gasteiger charge is 2.25. The minimum absolute atomic E-state index is 0.141. The average molecular weight is 203 g/mol. The van der Waals surface area contributed by atoms with E-state index in [1.165, 1.54) is 18.4 Å². The molecule has 1 aliphatic carbocycles. The highest BCUT2D eigenvalue weighted by atomic mass is 16.2. The summed E-state index contributed by atoms with van der Waals surface area (Å²) in [6.45, 7) is 2.94. The van der Waals surface area contributed by atoms with Crippen LogP contribution in [0.2, 0.25) is 0 Å². The van der Waals surface area contributed by atoms with Gasteiger partial charge in [-0.15, -0.1) is 0 Å². The van der Waals surface area contributed by atoms with Crippen LogP contribution in [0.3, 0.4) is 0 Å². The molecule has 0 saturated heterocycles. The molecule has 15 heavy (non-hydrogen) atoms. The molecule has 1 aliphatic rings. The summed E-state index contributed by atoms with van der Waals surface area (Å²) >= 11 is 0. The van der Waals surface area contributed by atoms with Gasteiger partial charge in [-0.05, 0) is 37.8 Å². The smallest absolute Gasteiger partial charge is 0.253 e. The van der Waals surface area contributed by atoms with Gasteiger partial charge < -0.3 is 4.90 Å². The van der Waals surface area contributed by atoms with E-state index in [4.69, 9.17) is 0 Å². The van der Waals surface area contributed by atoms with Crippen molar-refractivity contribution in [2.45, 2.75) is 19.8 Å². The van der Waals surface area contributed by atoms with Gasteiger partial charge in [0.15, 0.2) is 0 Å². The van der Waals surface area contributed by atoms with E-state index in [1.54, 1.807) is 0 Å². The summed E-state index contributed by atoms with van der Waals surface area (Å²) in [5, 5.41) is 0. The van der Waals surface area contributed by atoms with Gasteiger partial charge in [0.25, 0.3) is 5.91 Å². The first-order chi connectivity index (χ1) is 7.16. The molecular weight excluding hydrogens is 186 g/mol. The van der Waals surface area contributed by atoms with E-state index in [2.05, 4.69) is 0 Å². The lowest BCUT2D eigenvalue weighted by Gasteiger charge is -2.16. The summed E-state index contributed by atoms with van der Waals surface area (Å²) in [6.07, 6.45) is 2.57. The lowest BCUT2D eigenvalue weighted by atomic mass is 10.1. The number of aryl methyl sites for hydroxylation is 1. The molecule has 2 nitrogen and oxygen atoms in total. The maximum atomic E-state index is 11.9. The van der Waals surface area contributed by atoms with Gasteiger partial charge in [-0.1, -0.05) is 17.7 Å². The van der Waals surface area contributed by atoms with E-state index in [0.29, 0.717) is 0 Å². The molecule has 0 radical (unpaired) electrons. The van der Waals surface area contributed by atoms with Crippen molar-refractivity contribution < 1.29 is 4.79 Å². The van der Waals surface area contributed by atoms with Crippen LogP contribution in [0.5, 0.6) is 0 Å². The Hall–Kier alpha value is -1.31. The van der Waals surface area contributed by atoms with Crippen molar-refractivity contribution in [2.24, 2.45) is 5.92 Å². The van der Waals surface area contributed by atoms with Crippen molar-refractivity contribution in [1.82, 2.24) is 4.90 Å². The number of hydrogen-bond acceptors (Lipinski definition) is 1. The van der Waals surface area contributed by atoms with Gasteiger partial charge in [0.1, 0.15) is 0 Å². The van der Waals surface area contributed by atoms with Crippen molar-refractivity contribution in [3.8, 4) is 0 Å². The first-order valence-corrected chi connectivity index (χ1v) is 5.49. The molecule has 0 bridgehead atoms. The van der Waals surface area contributed by atoms with Gasteiger partial charge in [-0.3, -0.25) is 4.79 Å². The van der Waals surface area contributed by atoms with Crippen LogP contribution in [0.15, 0.2) is 24.3 Å². The third-order valence-corrected chi connectivity index (χ3v) is 2.87. The predicted molar refractivity (Wildman–Crippen MR) is 60.9 cm³/mol. The monoisotopic (exact) mass is 203 g/mol. The van der Waals surface area contributed by atoms with E-state index in [-0.39, 0.29) is 5.91 Å². The van der Waals surface area contributed by atoms with Gasteiger partial charge in [-0.2, -0.15) is 0 Å². The Bertz CT molecular complexity index is 351. The van der Waals surface area contributed by atoms with E-state index in [0.717, 1.165) is 18.0 Å². The normalized spacial score (nSPS) is 15.1. The van der Waals surface area contributed by atoms with Crippen LogP contribution in [-0.2, 0) is 0 Å². The van der Waals surface area contributed by atoms with Crippen LogP contribution in [0, 0.1) is 12.8 Å². The number of carbonyl (C=O) groups excluding carboxylic acids is 1. The molecule has 0 heterocycles. The first-order valence-electron chi connectivity index (χ1n) is 5.49. The molecule has 0 aliphatic heterocycles. The molecule has 0 spiro atoms. The molecule has 2 heteroatoms. The zero-order chi connectivity index (χ0) is 10.8. The fraction of sp³-hybridized carbons (Fsp3) is 0.462. The van der Waals surface area contributed by atoms with Crippen molar-refractivity contribution in [3.05, 3.63) is 35.4 Å². The molecule has 0 atom stereocenters. The van der Waals surface area contributed by atoms with Crippen LogP contribution in [0.4, 0.5) is 0 Å². The number of rotatable bonds is 3. The Balaban J connectivity index is 2.02. The number of amides is 1. The number of nitrogens with zero attached hydrogens (tertiary/aromatic N) is 1. The summed E-state index contributed by atoms with van der Waals surface area (Å²) in [6, 6.07) is 7.78. The predicted octanol–water partition coefficient (Wildman–Crippen LogP) is 2.48. The average Bonchev–Trinajstić information content (AvgIpc) is 3.02. The molecule has 0 aromatic heterocycles. The maximum absolute atomic E-state index is 11.9. The zero-order valence-corrected chi connectivity index (χ0v) is 9.36. The van der Waals surface area contributed by atoms with Gasteiger partial charge in [0.05, 0.1) is 0 Å². The van der Waals surface area contributed by atoms with Crippen molar-refractivity contribution >= 4 is 5.91 Å². The third-order valence-electron chi connectivity index (χ3n) is 2.87. The largest absolute Gasteiger partial charge is 0.341 e. The Kier molecular flexibility index (Phi) is 2.76. The fourth-order valence-corrected chi connectivity index (χ4v) is 1.69. The molecule has 1 amide bonds. The number of benzene rings is 1. The van der Waals surface area contributed by atoms with E-state index in [9.17, 15) is 4.79 Å². The molecule has 1 aromatic carbocycles. The molecule has 0 unspecified atom stereocenters. The van der Waals surface area contributed by atoms with Crippen molar-refractivity contribution in [2.75, 3.05) is 13.6 Å². The number of carbonyl (C=O) groups is 1. The minimum atomic E-state index is 0.141. The van der Waals surface area contributed by atoms with Gasteiger partial charge in [0.2, 0.25) is 0 Å². The SMILES string of the molecule is Cc1ccc(C(=O)N(C)CC2CC2)cc1. The van der Waals surface area contributed by atoms with Crippen LogP contribution < -0.4 is 0 Å². The molecule has 80 valence electrons. The van der Waals surface area contributed by atoms with Crippen molar-refractivity contribution in [3.63, 3.8) is 0 Å². The van der Waals surface area contributed by atoms with Crippen molar-refractivity contribution in [1.29, 1.82) is 0 Å². The summed E-state index contributed by atoms with van der Waals surface area (Å²) in [4.78, 5) is 13.8. The molecule has 1 aromatic rings. The zero-order valence-electron chi connectivity index (χ0n) is 9.36. The Morgan fingerprint density at radius 3 is 2.47 bits per heavy atom. The number of hydrogen-bond donors (Lipinski definition) is 0. The second-order valence-corrected chi connectivity index (χ2v) is 4.50. The Morgan fingerprint density at radius 1 is 1.33 bits per heavy atom. The van der Waals surface area contributed by atoms with E-state index >= 15 is 0 Å². The molecular formula is C13H17NO. The molecule has 1 fully saturated rings. The lowest BCUT2D eigenvalue weighted by Crippen LogP contribution is -2.28. The second-order valence-electron chi connectivity index (χ2n) is 4.50. The van der Waals surface area contributed by atoms with Crippen LogP contribution in [0.25, 0.3) is 0 Å². The van der Waals surface area contributed by atoms with Crippen LogP contribution in [0.1, 0.15) is 28.8 Å². The summed E-state index contributed by atoms with van der Waals surface area (Å²) < 4.78 is 0. The summed E-state index contributed by atoms with van der Waals surface area (Å²) in [5.74, 6) is 0.895. The Labute approximate surface area is 90.9 Å². The Morgan fingerprint density at radius 2 is 1.93 bits per heavy atom. The quantitative estimate of drug-likeness (QED) is 0.739.